The molecule has 18 atom stereocenters. The van der Waals surface area contributed by atoms with Gasteiger partial charge in [0.2, 0.25) is 0 Å². The van der Waals surface area contributed by atoms with E-state index in [0.717, 1.165) is 89.9 Å². The van der Waals surface area contributed by atoms with Gasteiger partial charge in [-0.1, -0.05) is 258 Å². The van der Waals surface area contributed by atoms with Gasteiger partial charge in [-0.15, -0.1) is 0 Å². The Balaban J connectivity index is 1.74. The van der Waals surface area contributed by atoms with E-state index in [2.05, 4.69) is 20.8 Å². The monoisotopic (exact) mass is 1390 g/mol. The highest BCUT2D eigenvalue weighted by Crippen LogP contribution is 2.49. The first-order valence-electron chi connectivity index (χ1n) is 37.3. The summed E-state index contributed by atoms with van der Waals surface area (Å²) in [6, 6.07) is 0. The van der Waals surface area contributed by atoms with Gasteiger partial charge in [-0.2, -0.15) is 0 Å². The van der Waals surface area contributed by atoms with Crippen LogP contribution >= 0.6 is 7.82 Å². The Hall–Kier alpha value is -2.04. The molecule has 0 aromatic heterocycles. The number of rotatable bonds is 58. The summed E-state index contributed by atoms with van der Waals surface area (Å²) in [7, 11) is -5.69. The van der Waals surface area contributed by atoms with Crippen LogP contribution < -0.4 is 0 Å². The van der Waals surface area contributed by atoms with Crippen molar-refractivity contribution >= 4 is 25.7 Å². The van der Waals surface area contributed by atoms with Crippen LogP contribution in [0.15, 0.2) is 0 Å². The maximum atomic E-state index is 14.3. The first-order chi connectivity index (χ1) is 45.8. The minimum absolute atomic E-state index is 0.0328. The zero-order chi connectivity index (χ0) is 69.6. The molecule has 0 spiro atoms. The molecule has 95 heavy (non-hydrogen) atoms. The molecule has 2 saturated heterocycles. The van der Waals surface area contributed by atoms with Crippen molar-refractivity contribution < 1.29 is 117 Å². The number of aliphatic hydroxyl groups is 10. The van der Waals surface area contributed by atoms with Crippen LogP contribution in [-0.4, -0.2) is 204 Å². The summed E-state index contributed by atoms with van der Waals surface area (Å²) in [6.45, 7) is 3.45. The van der Waals surface area contributed by atoms with Crippen LogP contribution in [-0.2, 0) is 61.2 Å². The van der Waals surface area contributed by atoms with E-state index >= 15 is 0 Å². The lowest BCUT2D eigenvalue weighted by atomic mass is 9.84. The summed E-state index contributed by atoms with van der Waals surface area (Å²) in [5.74, 6) is -1.97. The number of hydrogen-bond donors (Lipinski definition) is 11. The van der Waals surface area contributed by atoms with Gasteiger partial charge in [-0.05, 0) is 19.3 Å². The van der Waals surface area contributed by atoms with E-state index in [-0.39, 0.29) is 19.3 Å². The lowest BCUT2D eigenvalue weighted by Gasteiger charge is -2.49. The molecule has 24 nitrogen and oxygen atoms in total. The van der Waals surface area contributed by atoms with Crippen LogP contribution in [0.1, 0.15) is 297 Å². The molecule has 3 rings (SSSR count). The first-order valence-corrected chi connectivity index (χ1v) is 38.8. The average Bonchev–Trinajstić information content (AvgIpc) is 0.764. The van der Waals surface area contributed by atoms with Gasteiger partial charge in [0.15, 0.2) is 18.7 Å². The summed E-state index contributed by atoms with van der Waals surface area (Å²) in [5.41, 5.74) is 0. The molecule has 0 aromatic rings. The SMILES string of the molecule is CCCCCCCCCCCCCCCCCCC(=O)OC(COC(=O)CCCCCCCCCCCCCCC)COP(=O)(O)OC1C(OC2OC(CO)C(O)C(O)C2O)C(O)C(O)C(O)C1OC1OC(COC(=O)CCCCCCCCCCCCC)C(O)C(O)C1O. The molecule has 1 saturated carbocycles. The number of aliphatic hydroxyl groups excluding tert-OH is 10. The predicted molar refractivity (Wildman–Crippen MR) is 356 cm³/mol. The van der Waals surface area contributed by atoms with E-state index in [0.29, 0.717) is 19.3 Å². The summed E-state index contributed by atoms with van der Waals surface area (Å²) in [5, 5.41) is 110. The van der Waals surface area contributed by atoms with E-state index in [1.807, 2.05) is 0 Å². The topological polar surface area (TPSA) is 374 Å². The van der Waals surface area contributed by atoms with E-state index in [9.17, 15) is 74.9 Å². The number of unbranched alkanes of at least 4 members (excludes halogenated alkanes) is 37. The second-order valence-corrected chi connectivity index (χ2v) is 28.4. The second kappa shape index (κ2) is 52.9. The van der Waals surface area contributed by atoms with Crippen molar-refractivity contribution in [2.45, 2.75) is 401 Å². The Bertz CT molecular complexity index is 1980. The van der Waals surface area contributed by atoms with Gasteiger partial charge in [0.05, 0.1) is 13.2 Å². The minimum Gasteiger partial charge on any atom is -0.463 e. The molecule has 3 aliphatic rings. The van der Waals surface area contributed by atoms with E-state index in [4.69, 9.17) is 42.2 Å². The fraction of sp³-hybridized carbons (Fsp3) is 0.957. The molecule has 0 aromatic carbocycles. The number of carbonyl (C=O) groups is 3. The third-order valence-electron chi connectivity index (χ3n) is 18.6. The summed E-state index contributed by atoms with van der Waals surface area (Å²) in [4.78, 5) is 50.9. The Morgan fingerprint density at radius 2 is 0.674 bits per heavy atom. The highest BCUT2D eigenvalue weighted by Gasteiger charge is 2.58. The molecule has 0 bridgehead atoms. The van der Waals surface area contributed by atoms with Crippen LogP contribution in [0, 0.1) is 0 Å². The first kappa shape index (κ1) is 87.2. The van der Waals surface area contributed by atoms with Crippen LogP contribution in [0.5, 0.6) is 0 Å². The van der Waals surface area contributed by atoms with Gasteiger partial charge in [0, 0.05) is 19.3 Å². The van der Waals surface area contributed by atoms with Gasteiger partial charge in [-0.3, -0.25) is 23.4 Å². The van der Waals surface area contributed by atoms with Gasteiger partial charge in [0.25, 0.3) is 0 Å². The summed E-state index contributed by atoms with van der Waals surface area (Å²) >= 11 is 0. The zero-order valence-electron chi connectivity index (χ0n) is 58.2. The zero-order valence-corrected chi connectivity index (χ0v) is 59.1. The fourth-order valence-electron chi connectivity index (χ4n) is 12.5. The van der Waals surface area contributed by atoms with Crippen molar-refractivity contribution in [2.24, 2.45) is 0 Å². The predicted octanol–water partition coefficient (Wildman–Crippen LogP) is 9.79. The third kappa shape index (κ3) is 36.4. The Kier molecular flexibility index (Phi) is 48.5. The average molecular weight is 1390 g/mol. The molecule has 11 N–H and O–H groups in total. The van der Waals surface area contributed by atoms with Crippen molar-refractivity contribution in [1.82, 2.24) is 0 Å². The summed E-state index contributed by atoms with van der Waals surface area (Å²) < 4.78 is 65.0. The highest BCUT2D eigenvalue weighted by atomic mass is 31.2. The van der Waals surface area contributed by atoms with Crippen molar-refractivity contribution in [1.29, 1.82) is 0 Å². The number of ether oxygens (including phenoxy) is 7. The number of phosphoric acid groups is 1. The van der Waals surface area contributed by atoms with Crippen molar-refractivity contribution in [3.8, 4) is 0 Å². The molecule has 2 aliphatic heterocycles. The molecule has 2 heterocycles. The maximum absolute atomic E-state index is 14.3. The smallest absolute Gasteiger partial charge is 0.463 e. The quantitative estimate of drug-likeness (QED) is 0.0117. The van der Waals surface area contributed by atoms with Crippen LogP contribution in [0.25, 0.3) is 0 Å². The molecular weight excluding hydrogens is 1260 g/mol. The van der Waals surface area contributed by atoms with E-state index in [1.165, 1.54) is 148 Å². The van der Waals surface area contributed by atoms with Gasteiger partial charge >= 0.3 is 25.7 Å². The number of carbonyl (C=O) groups excluding carboxylic acids is 3. The fourth-order valence-corrected chi connectivity index (χ4v) is 13.5. The Morgan fingerprint density at radius 3 is 1.03 bits per heavy atom. The maximum Gasteiger partial charge on any atom is 0.472 e. The van der Waals surface area contributed by atoms with Crippen LogP contribution in [0.2, 0.25) is 0 Å². The van der Waals surface area contributed by atoms with Gasteiger partial charge in [0.1, 0.15) is 98.7 Å². The molecule has 0 radical (unpaired) electrons. The van der Waals surface area contributed by atoms with Gasteiger partial charge in [-0.25, -0.2) is 4.57 Å². The lowest BCUT2D eigenvalue weighted by molar-refractivity contribution is -0.360. The molecule has 18 unspecified atom stereocenters. The molecular formula is C70H131O24P. The number of esters is 3. The number of hydrogen-bond acceptors (Lipinski definition) is 23. The van der Waals surface area contributed by atoms with Crippen molar-refractivity contribution in [3.63, 3.8) is 0 Å². The minimum atomic E-state index is -5.69. The van der Waals surface area contributed by atoms with E-state index in [1.54, 1.807) is 0 Å². The van der Waals surface area contributed by atoms with Crippen LogP contribution in [0.3, 0.4) is 0 Å². The molecule has 0 amide bonds. The molecule has 1 aliphatic carbocycles. The summed E-state index contributed by atoms with van der Waals surface area (Å²) in [6.07, 6.45) is 8.95. The Morgan fingerprint density at radius 1 is 0.368 bits per heavy atom. The second-order valence-electron chi connectivity index (χ2n) is 27.0. The van der Waals surface area contributed by atoms with Crippen LogP contribution in [0.4, 0.5) is 0 Å². The molecule has 560 valence electrons. The number of phosphoric ester groups is 1. The van der Waals surface area contributed by atoms with Crippen molar-refractivity contribution in [2.75, 3.05) is 26.4 Å². The third-order valence-corrected chi connectivity index (χ3v) is 19.6. The van der Waals surface area contributed by atoms with Gasteiger partial charge < -0.3 is 89.1 Å². The molecule has 25 heteroatoms. The van der Waals surface area contributed by atoms with Crippen molar-refractivity contribution in [3.05, 3.63) is 0 Å². The lowest BCUT2D eigenvalue weighted by Crippen LogP contribution is -2.69. The standard InChI is InChI=1S/C70H131O24P/c1-4-7-10-13-16-19-22-24-25-26-28-31-34-37-40-43-46-56(74)89-51(48-86-54(72)44-41-38-35-33-30-27-23-20-17-14-11-8-5-2)49-88-95(84,85)94-68-66(92-69-64(82)59(77)57(75)52(47-71)90-69)62(80)61(79)63(81)67(68)93-70-65(83)60(78)58(76)53(91-70)50-87-55(73)45-42-39-36-32-29-21-18-15-12-9-6-3/h51-53,57-71,75-83H,4-50H2,1-3H3,(H,84,85). The molecule has 3 fully saturated rings. The largest absolute Gasteiger partial charge is 0.472 e. The van der Waals surface area contributed by atoms with E-state index < -0.39 is 156 Å². The highest BCUT2D eigenvalue weighted by molar-refractivity contribution is 7.47. The normalized spacial score (nSPS) is 28.1. The Labute approximate surface area is 568 Å².